The Kier molecular flexibility index (Phi) is 5.38. The number of hydrogen-bond acceptors (Lipinski definition) is 4. The van der Waals surface area contributed by atoms with Crippen molar-refractivity contribution in [2.75, 3.05) is 6.54 Å². The van der Waals surface area contributed by atoms with E-state index in [0.717, 1.165) is 24.1 Å². The van der Waals surface area contributed by atoms with Crippen molar-refractivity contribution in [2.24, 2.45) is 0 Å². The minimum Gasteiger partial charge on any atom is -0.481 e. The highest BCUT2D eigenvalue weighted by atomic mass is 35.5. The summed E-state index contributed by atoms with van der Waals surface area (Å²) in [5.41, 5.74) is 3.24. The van der Waals surface area contributed by atoms with E-state index in [1.54, 1.807) is 36.4 Å². The van der Waals surface area contributed by atoms with Gasteiger partial charge in [0.05, 0.1) is 10.4 Å². The molecular weight excluding hydrogens is 412 g/mol. The third-order valence-electron chi connectivity index (χ3n) is 5.22. The molecule has 4 rings (SSSR count). The predicted octanol–water partition coefficient (Wildman–Crippen LogP) is 3.58. The molecule has 6 nitrogen and oxygen atoms in total. The molecule has 0 spiro atoms. The maximum Gasteiger partial charge on any atom is 0.303 e. The molecule has 29 heavy (non-hydrogen) atoms. The van der Waals surface area contributed by atoms with Crippen LogP contribution in [0.4, 0.5) is 0 Å². The van der Waals surface area contributed by atoms with Crippen LogP contribution in [0.2, 0.25) is 5.02 Å². The molecule has 0 unspecified atom stereocenters. The molecule has 2 heterocycles. The number of hydrogen-bond donors (Lipinski definition) is 2. The molecule has 0 bridgehead atoms. The summed E-state index contributed by atoms with van der Waals surface area (Å²) in [5.74, 6) is -0.902. The summed E-state index contributed by atoms with van der Waals surface area (Å²) in [6, 6.07) is 12.1. The van der Waals surface area contributed by atoms with Crippen LogP contribution >= 0.6 is 11.6 Å². The average Bonchev–Trinajstić information content (AvgIpc) is 3.05. The molecule has 0 fully saturated rings. The zero-order valence-corrected chi connectivity index (χ0v) is 17.3. The van der Waals surface area contributed by atoms with Gasteiger partial charge in [0.2, 0.25) is 0 Å². The van der Waals surface area contributed by atoms with E-state index >= 15 is 0 Å². The number of aryl methyl sites for hydroxylation is 1. The molecule has 1 aromatic heterocycles. The molecule has 0 saturated carbocycles. The lowest BCUT2D eigenvalue weighted by Crippen LogP contribution is -2.24. The number of halogens is 1. The fourth-order valence-electron chi connectivity index (χ4n) is 3.82. The maximum absolute atomic E-state index is 13.6. The van der Waals surface area contributed by atoms with E-state index in [1.165, 1.54) is 3.97 Å². The summed E-state index contributed by atoms with van der Waals surface area (Å²) >= 11 is 6.09. The van der Waals surface area contributed by atoms with E-state index in [9.17, 15) is 13.2 Å². The molecule has 152 valence electrons. The predicted molar refractivity (Wildman–Crippen MR) is 112 cm³/mol. The first kappa shape index (κ1) is 19.9. The number of carboxylic acids is 1. The number of benzene rings is 2. The molecule has 3 aromatic rings. The van der Waals surface area contributed by atoms with Gasteiger partial charge < -0.3 is 10.4 Å². The van der Waals surface area contributed by atoms with Crippen molar-refractivity contribution in [1.29, 1.82) is 0 Å². The zero-order chi connectivity index (χ0) is 20.6. The smallest absolute Gasteiger partial charge is 0.303 e. The van der Waals surface area contributed by atoms with Crippen LogP contribution in [0.25, 0.3) is 10.9 Å². The van der Waals surface area contributed by atoms with E-state index in [4.69, 9.17) is 16.7 Å². The first-order chi connectivity index (χ1) is 13.9. The van der Waals surface area contributed by atoms with E-state index in [-0.39, 0.29) is 11.3 Å². The number of rotatable bonds is 6. The van der Waals surface area contributed by atoms with Crippen molar-refractivity contribution in [3.63, 3.8) is 0 Å². The van der Waals surface area contributed by atoms with Crippen LogP contribution in [0.5, 0.6) is 0 Å². The number of nitrogens with one attached hydrogen (secondary N) is 1. The van der Waals surface area contributed by atoms with Crippen LogP contribution in [-0.2, 0) is 34.2 Å². The zero-order valence-electron chi connectivity index (χ0n) is 15.7. The number of fused-ring (bicyclic) bond motifs is 2. The van der Waals surface area contributed by atoms with Gasteiger partial charge in [-0.15, -0.1) is 0 Å². The molecule has 0 atom stereocenters. The van der Waals surface area contributed by atoms with Crippen molar-refractivity contribution < 1.29 is 18.3 Å². The lowest BCUT2D eigenvalue weighted by molar-refractivity contribution is -0.137. The van der Waals surface area contributed by atoms with Crippen molar-refractivity contribution in [2.45, 2.75) is 37.1 Å². The molecule has 0 amide bonds. The lowest BCUT2D eigenvalue weighted by Gasteiger charge is -2.19. The molecule has 1 aliphatic rings. The van der Waals surface area contributed by atoms with Gasteiger partial charge in [0.25, 0.3) is 10.0 Å². The van der Waals surface area contributed by atoms with E-state index < -0.39 is 16.0 Å². The monoisotopic (exact) mass is 432 g/mol. The Bertz CT molecular complexity index is 1200. The summed E-state index contributed by atoms with van der Waals surface area (Å²) in [7, 11) is -3.85. The van der Waals surface area contributed by atoms with Gasteiger partial charge in [-0.1, -0.05) is 17.7 Å². The van der Waals surface area contributed by atoms with Crippen LogP contribution in [0.15, 0.2) is 47.4 Å². The maximum atomic E-state index is 13.6. The van der Waals surface area contributed by atoms with Crippen LogP contribution in [0.1, 0.15) is 29.7 Å². The molecule has 8 heteroatoms. The second-order valence-electron chi connectivity index (χ2n) is 7.21. The van der Waals surface area contributed by atoms with Crippen LogP contribution in [0.3, 0.4) is 0 Å². The third-order valence-corrected chi connectivity index (χ3v) is 7.21. The number of aliphatic carboxylic acids is 1. The quantitative estimate of drug-likeness (QED) is 0.621. The van der Waals surface area contributed by atoms with Gasteiger partial charge in [0.15, 0.2) is 0 Å². The highest BCUT2D eigenvalue weighted by molar-refractivity contribution is 7.90. The summed E-state index contributed by atoms with van der Waals surface area (Å²) < 4.78 is 28.5. The summed E-state index contributed by atoms with van der Waals surface area (Å²) in [4.78, 5) is 11.1. The van der Waals surface area contributed by atoms with Gasteiger partial charge in [0, 0.05) is 29.1 Å². The highest BCUT2D eigenvalue weighted by Gasteiger charge is 2.24. The second kappa shape index (κ2) is 7.82. The van der Waals surface area contributed by atoms with Crippen LogP contribution < -0.4 is 5.32 Å². The Morgan fingerprint density at radius 3 is 2.76 bits per heavy atom. The van der Waals surface area contributed by atoms with Gasteiger partial charge in [-0.25, -0.2) is 12.4 Å². The fraction of sp³-hybridized carbons (Fsp3) is 0.286. The lowest BCUT2D eigenvalue weighted by atomic mass is 10.0. The standard InChI is InChI=1S/C21H21ClN2O4S/c22-17-5-7-20-15(10-17)11-18(2-1-3-21(25)26)24(20)29(27,28)19-6-4-14-8-9-23-13-16(14)12-19/h4-7,10-12,23H,1-3,8-9,13H2,(H,25,26). The Morgan fingerprint density at radius 2 is 1.97 bits per heavy atom. The topological polar surface area (TPSA) is 88.4 Å². The minimum absolute atomic E-state index is 0.0210. The molecule has 2 aromatic carbocycles. The van der Waals surface area contributed by atoms with E-state index in [2.05, 4.69) is 5.32 Å². The summed E-state index contributed by atoms with van der Waals surface area (Å²) in [6.45, 7) is 1.53. The largest absolute Gasteiger partial charge is 0.481 e. The SMILES string of the molecule is O=C(O)CCCc1cc2cc(Cl)ccc2n1S(=O)(=O)c1ccc2c(c1)CNCC2. The second-order valence-corrected chi connectivity index (χ2v) is 9.44. The van der Waals surface area contributed by atoms with Crippen LogP contribution in [0, 0.1) is 0 Å². The van der Waals surface area contributed by atoms with Gasteiger partial charge in [-0.05, 0) is 73.3 Å². The number of carboxylic acid groups (broad SMARTS) is 1. The summed E-state index contributed by atoms with van der Waals surface area (Å²) in [6.07, 6.45) is 1.54. The van der Waals surface area contributed by atoms with Crippen molar-refractivity contribution in [3.8, 4) is 0 Å². The third kappa shape index (κ3) is 3.90. The van der Waals surface area contributed by atoms with Crippen molar-refractivity contribution in [1.82, 2.24) is 9.29 Å². The van der Waals surface area contributed by atoms with E-state index in [0.29, 0.717) is 41.0 Å². The number of aromatic nitrogens is 1. The Balaban J connectivity index is 1.83. The molecule has 0 aliphatic carbocycles. The van der Waals surface area contributed by atoms with Gasteiger partial charge in [-0.3, -0.25) is 4.79 Å². The van der Waals surface area contributed by atoms with Crippen LogP contribution in [-0.4, -0.2) is 30.0 Å². The Labute approximate surface area is 174 Å². The molecular formula is C21H21ClN2O4S. The van der Waals surface area contributed by atoms with E-state index in [1.807, 2.05) is 6.07 Å². The van der Waals surface area contributed by atoms with Gasteiger partial charge in [-0.2, -0.15) is 0 Å². The van der Waals surface area contributed by atoms with Gasteiger partial charge in [0.1, 0.15) is 0 Å². The summed E-state index contributed by atoms with van der Waals surface area (Å²) in [5, 5.41) is 13.4. The Morgan fingerprint density at radius 1 is 1.14 bits per heavy atom. The fourth-order valence-corrected chi connectivity index (χ4v) is 5.62. The highest BCUT2D eigenvalue weighted by Crippen LogP contribution is 2.30. The molecule has 0 saturated heterocycles. The first-order valence-electron chi connectivity index (χ1n) is 9.46. The first-order valence-corrected chi connectivity index (χ1v) is 11.3. The van der Waals surface area contributed by atoms with Crippen molar-refractivity contribution >= 4 is 38.5 Å². The molecule has 1 aliphatic heterocycles. The Hall–Kier alpha value is -2.35. The molecule has 2 N–H and O–H groups in total. The minimum atomic E-state index is -3.85. The number of carbonyl (C=O) groups is 1. The van der Waals surface area contributed by atoms with Gasteiger partial charge >= 0.3 is 5.97 Å². The normalized spacial score (nSPS) is 14.1. The molecule has 0 radical (unpaired) electrons. The van der Waals surface area contributed by atoms with Crippen molar-refractivity contribution in [3.05, 3.63) is 64.3 Å². The number of nitrogens with zero attached hydrogens (tertiary/aromatic N) is 1. The average molecular weight is 433 g/mol.